The molecule has 1 amide bonds. The fraction of sp³-hybridized carbons (Fsp3) is 0.421. The number of nitrogens with one attached hydrogen (secondary N) is 2. The van der Waals surface area contributed by atoms with E-state index in [-0.39, 0.29) is 11.0 Å². The van der Waals surface area contributed by atoms with Gasteiger partial charge in [-0.1, -0.05) is 0 Å². The first-order valence-electron chi connectivity index (χ1n) is 9.26. The molecule has 0 aliphatic carbocycles. The SMILES string of the molecule is CC(C)(C)OC(=O)NS(=O)(=O)c1ccc(Nc2ncc(C3CC(O)CO3)cn2)cc1. The molecule has 2 atom stereocenters. The van der Waals surface area contributed by atoms with E-state index < -0.39 is 27.8 Å². The van der Waals surface area contributed by atoms with Gasteiger partial charge in [0.1, 0.15) is 5.60 Å². The number of aromatic nitrogens is 2. The fourth-order valence-electron chi connectivity index (χ4n) is 2.73. The number of aliphatic hydroxyl groups is 1. The lowest BCUT2D eigenvalue weighted by atomic mass is 10.1. The Labute approximate surface area is 174 Å². The van der Waals surface area contributed by atoms with E-state index in [4.69, 9.17) is 9.47 Å². The fourth-order valence-corrected chi connectivity index (χ4v) is 3.60. The van der Waals surface area contributed by atoms with Gasteiger partial charge in [0.25, 0.3) is 10.0 Å². The van der Waals surface area contributed by atoms with Gasteiger partial charge in [0.05, 0.1) is 23.7 Å². The molecule has 11 heteroatoms. The van der Waals surface area contributed by atoms with Crippen LogP contribution in [0.2, 0.25) is 0 Å². The number of hydrogen-bond acceptors (Lipinski definition) is 9. The Balaban J connectivity index is 1.62. The number of rotatable bonds is 5. The highest BCUT2D eigenvalue weighted by molar-refractivity contribution is 7.90. The van der Waals surface area contributed by atoms with E-state index in [1.165, 1.54) is 24.3 Å². The predicted octanol–water partition coefficient (Wildman–Crippen LogP) is 2.26. The Morgan fingerprint density at radius 2 is 1.83 bits per heavy atom. The van der Waals surface area contributed by atoms with Gasteiger partial charge in [-0.3, -0.25) is 0 Å². The number of aliphatic hydroxyl groups excluding tert-OH is 1. The predicted molar refractivity (Wildman–Crippen MR) is 108 cm³/mol. The molecular formula is C19H24N4O6S. The molecule has 0 saturated carbocycles. The Morgan fingerprint density at radius 1 is 1.20 bits per heavy atom. The summed E-state index contributed by atoms with van der Waals surface area (Å²) in [4.78, 5) is 20.1. The number of anilines is 2. The Morgan fingerprint density at radius 3 is 2.37 bits per heavy atom. The molecule has 1 aliphatic heterocycles. The summed E-state index contributed by atoms with van der Waals surface area (Å²) >= 11 is 0. The highest BCUT2D eigenvalue weighted by Crippen LogP contribution is 2.28. The van der Waals surface area contributed by atoms with Crippen LogP contribution in [0.15, 0.2) is 41.6 Å². The number of carbonyl (C=O) groups excluding carboxylic acids is 1. The molecule has 1 fully saturated rings. The molecular weight excluding hydrogens is 412 g/mol. The minimum Gasteiger partial charge on any atom is -0.443 e. The maximum Gasteiger partial charge on any atom is 0.421 e. The van der Waals surface area contributed by atoms with Crippen molar-refractivity contribution in [1.82, 2.24) is 14.7 Å². The number of hydrogen-bond donors (Lipinski definition) is 3. The number of nitrogens with zero attached hydrogens (tertiary/aromatic N) is 2. The quantitative estimate of drug-likeness (QED) is 0.644. The average Bonchev–Trinajstić information content (AvgIpc) is 3.07. The van der Waals surface area contributed by atoms with Crippen molar-refractivity contribution < 1.29 is 27.8 Å². The lowest BCUT2D eigenvalue weighted by Gasteiger charge is -2.19. The van der Waals surface area contributed by atoms with Crippen molar-refractivity contribution in [3.05, 3.63) is 42.2 Å². The number of carbonyl (C=O) groups is 1. The molecule has 1 aromatic heterocycles. The zero-order chi connectivity index (χ0) is 21.9. The molecule has 0 bridgehead atoms. The van der Waals surface area contributed by atoms with Gasteiger partial charge in [0.2, 0.25) is 5.95 Å². The number of ether oxygens (including phenoxy) is 2. The van der Waals surface area contributed by atoms with Crippen LogP contribution in [0.4, 0.5) is 16.4 Å². The third-order valence-electron chi connectivity index (χ3n) is 4.06. The van der Waals surface area contributed by atoms with Crippen molar-refractivity contribution in [2.24, 2.45) is 0 Å². The molecule has 3 rings (SSSR count). The summed E-state index contributed by atoms with van der Waals surface area (Å²) in [6, 6.07) is 5.74. The minimum atomic E-state index is -4.06. The normalized spacial score (nSPS) is 19.3. The molecule has 0 spiro atoms. The molecule has 1 aromatic carbocycles. The molecule has 1 saturated heterocycles. The van der Waals surface area contributed by atoms with Crippen LogP contribution in [0.1, 0.15) is 38.9 Å². The maximum atomic E-state index is 12.3. The van der Waals surface area contributed by atoms with Crippen LogP contribution in [-0.2, 0) is 19.5 Å². The van der Waals surface area contributed by atoms with Crippen molar-refractivity contribution in [3.8, 4) is 0 Å². The number of benzene rings is 1. The number of amides is 1. The maximum absolute atomic E-state index is 12.3. The summed E-state index contributed by atoms with van der Waals surface area (Å²) in [5.41, 5.74) is 0.519. The minimum absolute atomic E-state index is 0.0906. The van der Waals surface area contributed by atoms with Crippen LogP contribution in [0, 0.1) is 0 Å². The summed E-state index contributed by atoms with van der Waals surface area (Å²) < 4.78 is 36.9. The largest absolute Gasteiger partial charge is 0.443 e. The van der Waals surface area contributed by atoms with Gasteiger partial charge in [-0.15, -0.1) is 0 Å². The first kappa shape index (κ1) is 21.9. The van der Waals surface area contributed by atoms with Crippen LogP contribution >= 0.6 is 0 Å². The first-order chi connectivity index (χ1) is 14.0. The van der Waals surface area contributed by atoms with Crippen molar-refractivity contribution in [1.29, 1.82) is 0 Å². The monoisotopic (exact) mass is 436 g/mol. The van der Waals surface area contributed by atoms with Gasteiger partial charge < -0.3 is 19.9 Å². The molecule has 3 N–H and O–H groups in total. The second-order valence-electron chi connectivity index (χ2n) is 7.81. The van der Waals surface area contributed by atoms with Crippen molar-refractivity contribution >= 4 is 27.8 Å². The first-order valence-corrected chi connectivity index (χ1v) is 10.7. The molecule has 2 heterocycles. The van der Waals surface area contributed by atoms with E-state index in [1.807, 2.05) is 4.72 Å². The molecule has 0 radical (unpaired) electrons. The zero-order valence-corrected chi connectivity index (χ0v) is 17.6. The van der Waals surface area contributed by atoms with Crippen LogP contribution < -0.4 is 10.0 Å². The smallest absolute Gasteiger partial charge is 0.421 e. The second-order valence-corrected chi connectivity index (χ2v) is 9.49. The third kappa shape index (κ3) is 5.88. The van der Waals surface area contributed by atoms with Crippen LogP contribution in [-0.4, -0.2) is 47.9 Å². The zero-order valence-electron chi connectivity index (χ0n) is 16.8. The standard InChI is InChI=1S/C19H24N4O6S/c1-19(2,3)29-18(25)23-30(26,27)15-6-4-13(5-7-15)22-17-20-9-12(10-21-17)16-8-14(24)11-28-16/h4-7,9-10,14,16,24H,8,11H2,1-3H3,(H,23,25)(H,20,21,22). The molecule has 2 aromatic rings. The van der Waals surface area contributed by atoms with Gasteiger partial charge in [0.15, 0.2) is 0 Å². The van der Waals surface area contributed by atoms with Crippen molar-refractivity contribution in [3.63, 3.8) is 0 Å². The highest BCUT2D eigenvalue weighted by Gasteiger charge is 2.25. The van der Waals surface area contributed by atoms with E-state index in [2.05, 4.69) is 15.3 Å². The van der Waals surface area contributed by atoms with Gasteiger partial charge in [-0.25, -0.2) is 27.9 Å². The van der Waals surface area contributed by atoms with Crippen molar-refractivity contribution in [2.45, 2.75) is 49.9 Å². The summed E-state index contributed by atoms with van der Waals surface area (Å²) in [5.74, 6) is 0.319. The van der Waals surface area contributed by atoms with Crippen LogP contribution in [0.25, 0.3) is 0 Å². The van der Waals surface area contributed by atoms with Crippen LogP contribution in [0.5, 0.6) is 0 Å². The second kappa shape index (κ2) is 8.54. The summed E-state index contributed by atoms with van der Waals surface area (Å²) in [6.45, 7) is 5.21. The summed E-state index contributed by atoms with van der Waals surface area (Å²) in [6.07, 6.45) is 1.98. The summed E-state index contributed by atoms with van der Waals surface area (Å²) in [7, 11) is -4.06. The van der Waals surface area contributed by atoms with E-state index in [0.717, 1.165) is 5.56 Å². The van der Waals surface area contributed by atoms with Gasteiger partial charge in [-0.2, -0.15) is 0 Å². The van der Waals surface area contributed by atoms with E-state index >= 15 is 0 Å². The van der Waals surface area contributed by atoms with Gasteiger partial charge >= 0.3 is 6.09 Å². The Kier molecular flexibility index (Phi) is 6.25. The third-order valence-corrected chi connectivity index (χ3v) is 5.39. The van der Waals surface area contributed by atoms with E-state index in [0.29, 0.717) is 24.7 Å². The summed E-state index contributed by atoms with van der Waals surface area (Å²) in [5, 5.41) is 12.5. The van der Waals surface area contributed by atoms with Crippen molar-refractivity contribution in [2.75, 3.05) is 11.9 Å². The molecule has 1 aliphatic rings. The number of sulfonamides is 1. The molecule has 2 unspecified atom stereocenters. The van der Waals surface area contributed by atoms with E-state index in [1.54, 1.807) is 33.2 Å². The lowest BCUT2D eigenvalue weighted by Crippen LogP contribution is -2.36. The lowest BCUT2D eigenvalue weighted by molar-refractivity contribution is 0.0570. The van der Waals surface area contributed by atoms with Crippen LogP contribution in [0.3, 0.4) is 0 Å². The highest BCUT2D eigenvalue weighted by atomic mass is 32.2. The van der Waals surface area contributed by atoms with Gasteiger partial charge in [-0.05, 0) is 45.0 Å². The van der Waals surface area contributed by atoms with E-state index in [9.17, 15) is 18.3 Å². The topological polar surface area (TPSA) is 140 Å². The average molecular weight is 436 g/mol. The Hall–Kier alpha value is -2.76. The van der Waals surface area contributed by atoms with Gasteiger partial charge in [0, 0.05) is 30.1 Å². The Bertz CT molecular complexity index is 987. The molecule has 30 heavy (non-hydrogen) atoms. The molecule has 162 valence electrons. The molecule has 10 nitrogen and oxygen atoms in total.